The number of phenolic OH excluding ortho intramolecular Hbond substituents is 1. The minimum absolute atomic E-state index is 0.351. The van der Waals surface area contributed by atoms with E-state index in [9.17, 15) is 5.11 Å². The van der Waals surface area contributed by atoms with Crippen molar-refractivity contribution in [3.8, 4) is 5.75 Å². The summed E-state index contributed by atoms with van der Waals surface area (Å²) in [6.45, 7) is 9.92. The van der Waals surface area contributed by atoms with Crippen LogP contribution in [-0.2, 0) is 0 Å². The van der Waals surface area contributed by atoms with Gasteiger partial charge in [-0.1, -0.05) is 19.1 Å². The van der Waals surface area contributed by atoms with Crippen LogP contribution >= 0.6 is 0 Å². The van der Waals surface area contributed by atoms with Crippen LogP contribution in [0.2, 0.25) is 0 Å². The first-order chi connectivity index (χ1) is 7.56. The highest BCUT2D eigenvalue weighted by atomic mass is 16.3. The first-order valence-electron chi connectivity index (χ1n) is 6.11. The summed E-state index contributed by atoms with van der Waals surface area (Å²) in [7, 11) is 0. The fraction of sp³-hybridized carbons (Fsp3) is 0.571. The molecule has 0 saturated carbocycles. The van der Waals surface area contributed by atoms with Gasteiger partial charge in [0.1, 0.15) is 5.75 Å². The first-order valence-corrected chi connectivity index (χ1v) is 6.11. The van der Waals surface area contributed by atoms with Crippen LogP contribution in [0.15, 0.2) is 24.3 Å². The van der Waals surface area contributed by atoms with Crippen LogP contribution in [0.4, 0.5) is 0 Å². The monoisotopic (exact) mass is 221 g/mol. The normalized spacial score (nSPS) is 13.4. The standard InChI is InChI=1S/C14H23NO/c1-5-9-15(11(2)3)12(4)13-7-6-8-14(16)10-13/h6-8,10-12,16H,5,9H2,1-4H3. The third-order valence-corrected chi connectivity index (χ3v) is 3.00. The zero-order valence-corrected chi connectivity index (χ0v) is 10.8. The molecule has 2 nitrogen and oxygen atoms in total. The number of hydrogen-bond donors (Lipinski definition) is 1. The van der Waals surface area contributed by atoms with Crippen LogP contribution in [0, 0.1) is 0 Å². The van der Waals surface area contributed by atoms with Gasteiger partial charge in [0.05, 0.1) is 0 Å². The summed E-state index contributed by atoms with van der Waals surface area (Å²) in [5, 5.41) is 9.49. The maximum absolute atomic E-state index is 9.49. The number of benzene rings is 1. The molecule has 0 bridgehead atoms. The molecule has 0 radical (unpaired) electrons. The zero-order chi connectivity index (χ0) is 12.1. The average molecular weight is 221 g/mol. The molecule has 90 valence electrons. The van der Waals surface area contributed by atoms with Gasteiger partial charge in [-0.3, -0.25) is 4.90 Å². The van der Waals surface area contributed by atoms with Crippen molar-refractivity contribution in [3.05, 3.63) is 29.8 Å². The lowest BCUT2D eigenvalue weighted by Gasteiger charge is -2.32. The number of hydrogen-bond acceptors (Lipinski definition) is 2. The number of nitrogens with zero attached hydrogens (tertiary/aromatic N) is 1. The zero-order valence-electron chi connectivity index (χ0n) is 10.8. The van der Waals surface area contributed by atoms with Crippen molar-refractivity contribution >= 4 is 0 Å². The van der Waals surface area contributed by atoms with Gasteiger partial charge in [0, 0.05) is 12.1 Å². The highest BCUT2D eigenvalue weighted by Crippen LogP contribution is 2.25. The van der Waals surface area contributed by atoms with Gasteiger partial charge >= 0.3 is 0 Å². The fourth-order valence-corrected chi connectivity index (χ4v) is 2.13. The maximum atomic E-state index is 9.49. The first kappa shape index (κ1) is 13.0. The molecule has 1 unspecified atom stereocenters. The molecule has 0 amide bonds. The van der Waals surface area contributed by atoms with Crippen LogP contribution in [-0.4, -0.2) is 22.6 Å². The van der Waals surface area contributed by atoms with Crippen molar-refractivity contribution in [1.29, 1.82) is 0 Å². The Morgan fingerprint density at radius 3 is 2.44 bits per heavy atom. The third-order valence-electron chi connectivity index (χ3n) is 3.00. The van der Waals surface area contributed by atoms with Gasteiger partial charge in [0.25, 0.3) is 0 Å². The van der Waals surface area contributed by atoms with Crippen molar-refractivity contribution < 1.29 is 5.11 Å². The second kappa shape index (κ2) is 5.90. The lowest BCUT2D eigenvalue weighted by atomic mass is 10.0. The molecule has 0 spiro atoms. The van der Waals surface area contributed by atoms with Crippen molar-refractivity contribution in [2.45, 2.75) is 46.2 Å². The lowest BCUT2D eigenvalue weighted by Crippen LogP contribution is -2.34. The summed E-state index contributed by atoms with van der Waals surface area (Å²) < 4.78 is 0. The molecule has 0 aromatic heterocycles. The van der Waals surface area contributed by atoms with Gasteiger partial charge in [-0.25, -0.2) is 0 Å². The van der Waals surface area contributed by atoms with Gasteiger partial charge in [-0.15, -0.1) is 0 Å². The van der Waals surface area contributed by atoms with Crippen LogP contribution < -0.4 is 0 Å². The Balaban J connectivity index is 2.85. The predicted molar refractivity (Wildman–Crippen MR) is 68.7 cm³/mol. The van der Waals surface area contributed by atoms with Crippen molar-refractivity contribution in [1.82, 2.24) is 4.90 Å². The van der Waals surface area contributed by atoms with E-state index in [1.807, 2.05) is 12.1 Å². The van der Waals surface area contributed by atoms with Crippen molar-refractivity contribution in [2.24, 2.45) is 0 Å². The minimum atomic E-state index is 0.351. The van der Waals surface area contributed by atoms with E-state index in [1.54, 1.807) is 6.07 Å². The molecule has 1 N–H and O–H groups in total. The molecule has 1 aromatic carbocycles. The Bertz CT molecular complexity index is 322. The molecule has 2 heteroatoms. The summed E-state index contributed by atoms with van der Waals surface area (Å²) in [5.74, 6) is 0.351. The van der Waals surface area contributed by atoms with E-state index in [4.69, 9.17) is 0 Å². The lowest BCUT2D eigenvalue weighted by molar-refractivity contribution is 0.164. The van der Waals surface area contributed by atoms with Crippen molar-refractivity contribution in [2.75, 3.05) is 6.54 Å². The van der Waals surface area contributed by atoms with Gasteiger partial charge in [-0.2, -0.15) is 0 Å². The molecule has 16 heavy (non-hydrogen) atoms. The predicted octanol–water partition coefficient (Wildman–Crippen LogP) is 3.57. The molecule has 1 atom stereocenters. The van der Waals surface area contributed by atoms with Gasteiger partial charge in [0.15, 0.2) is 0 Å². The largest absolute Gasteiger partial charge is 0.508 e. The van der Waals surface area contributed by atoms with E-state index in [0.29, 0.717) is 17.8 Å². The summed E-state index contributed by atoms with van der Waals surface area (Å²) in [6.07, 6.45) is 1.15. The summed E-state index contributed by atoms with van der Waals surface area (Å²) in [4.78, 5) is 2.45. The summed E-state index contributed by atoms with van der Waals surface area (Å²) >= 11 is 0. The Morgan fingerprint density at radius 2 is 1.94 bits per heavy atom. The van der Waals surface area contributed by atoms with E-state index in [2.05, 4.69) is 38.7 Å². The number of aromatic hydroxyl groups is 1. The Labute approximate surface area is 98.9 Å². The highest BCUT2D eigenvalue weighted by Gasteiger charge is 2.17. The Morgan fingerprint density at radius 1 is 1.25 bits per heavy atom. The van der Waals surface area contributed by atoms with E-state index >= 15 is 0 Å². The molecule has 0 heterocycles. The van der Waals surface area contributed by atoms with E-state index in [1.165, 1.54) is 5.56 Å². The fourth-order valence-electron chi connectivity index (χ4n) is 2.13. The van der Waals surface area contributed by atoms with Crippen molar-refractivity contribution in [3.63, 3.8) is 0 Å². The van der Waals surface area contributed by atoms with Crippen LogP contribution in [0.5, 0.6) is 5.75 Å². The van der Waals surface area contributed by atoms with Gasteiger partial charge in [-0.05, 0) is 51.4 Å². The Hall–Kier alpha value is -1.02. The van der Waals surface area contributed by atoms with Crippen LogP contribution in [0.3, 0.4) is 0 Å². The number of rotatable bonds is 5. The second-order valence-electron chi connectivity index (χ2n) is 4.60. The SMILES string of the molecule is CCCN(C(C)C)C(C)c1cccc(O)c1. The number of phenols is 1. The topological polar surface area (TPSA) is 23.5 Å². The third kappa shape index (κ3) is 3.24. The molecule has 0 aliphatic rings. The Kier molecular flexibility index (Phi) is 4.81. The highest BCUT2D eigenvalue weighted by molar-refractivity contribution is 5.29. The molecule has 0 aliphatic carbocycles. The molecule has 1 aromatic rings. The summed E-state index contributed by atoms with van der Waals surface area (Å²) in [6, 6.07) is 8.44. The molecule has 0 aliphatic heterocycles. The molecule has 1 rings (SSSR count). The maximum Gasteiger partial charge on any atom is 0.115 e. The molecular formula is C14H23NO. The average Bonchev–Trinajstić information content (AvgIpc) is 2.24. The molecular weight excluding hydrogens is 198 g/mol. The molecule has 0 saturated heterocycles. The second-order valence-corrected chi connectivity index (χ2v) is 4.60. The van der Waals surface area contributed by atoms with Crippen LogP contribution in [0.1, 0.15) is 45.7 Å². The van der Waals surface area contributed by atoms with E-state index in [-0.39, 0.29) is 0 Å². The van der Waals surface area contributed by atoms with E-state index in [0.717, 1.165) is 13.0 Å². The van der Waals surface area contributed by atoms with E-state index < -0.39 is 0 Å². The smallest absolute Gasteiger partial charge is 0.115 e. The van der Waals surface area contributed by atoms with Crippen LogP contribution in [0.25, 0.3) is 0 Å². The minimum Gasteiger partial charge on any atom is -0.508 e. The quantitative estimate of drug-likeness (QED) is 0.821. The summed E-state index contributed by atoms with van der Waals surface area (Å²) in [5.41, 5.74) is 1.18. The van der Waals surface area contributed by atoms with Gasteiger partial charge < -0.3 is 5.11 Å². The van der Waals surface area contributed by atoms with Gasteiger partial charge in [0.2, 0.25) is 0 Å². The molecule has 0 fully saturated rings.